The van der Waals surface area contributed by atoms with Gasteiger partial charge in [0.1, 0.15) is 0 Å². The lowest BCUT2D eigenvalue weighted by molar-refractivity contribution is 0.102. The third-order valence-corrected chi connectivity index (χ3v) is 3.57. The summed E-state index contributed by atoms with van der Waals surface area (Å²) >= 11 is 4.54. The molecule has 0 aromatic heterocycles. The summed E-state index contributed by atoms with van der Waals surface area (Å²) in [6, 6.07) is 13.1. The number of thioether (sulfide) groups is 1. The van der Waals surface area contributed by atoms with Gasteiger partial charge < -0.3 is 5.32 Å². The number of anilines is 1. The standard InChI is InChI=1S/C14H11F2NOS2/c15-14(16)20-12-4-2-1-3-11(12)17-13(18)9-5-7-10(19)8-6-9/h1-8,14,19H,(H,17,18). The molecule has 0 aliphatic rings. The molecule has 0 aliphatic heterocycles. The van der Waals surface area contributed by atoms with Crippen LogP contribution in [0.15, 0.2) is 58.3 Å². The zero-order valence-corrected chi connectivity index (χ0v) is 11.9. The summed E-state index contributed by atoms with van der Waals surface area (Å²) in [6.07, 6.45) is 0. The number of benzene rings is 2. The fourth-order valence-corrected chi connectivity index (χ4v) is 2.32. The predicted octanol–water partition coefficient (Wildman–Crippen LogP) is 4.54. The average Bonchev–Trinajstić information content (AvgIpc) is 2.41. The molecule has 0 aliphatic carbocycles. The molecular formula is C14H11F2NOS2. The first-order valence-corrected chi connectivity index (χ1v) is 7.03. The fourth-order valence-electron chi connectivity index (χ4n) is 1.58. The molecule has 2 aromatic rings. The number of amides is 1. The Morgan fingerprint density at radius 3 is 2.40 bits per heavy atom. The number of hydrogen-bond donors (Lipinski definition) is 2. The van der Waals surface area contributed by atoms with Crippen LogP contribution in [0.4, 0.5) is 14.5 Å². The second-order valence-electron chi connectivity index (χ2n) is 3.88. The van der Waals surface area contributed by atoms with E-state index in [1.54, 1.807) is 48.5 Å². The molecule has 2 nitrogen and oxygen atoms in total. The van der Waals surface area contributed by atoms with Crippen molar-refractivity contribution in [2.24, 2.45) is 0 Å². The molecule has 0 radical (unpaired) electrons. The molecule has 0 atom stereocenters. The number of alkyl halides is 2. The smallest absolute Gasteiger partial charge is 0.288 e. The Balaban J connectivity index is 2.17. The number of halogens is 2. The molecule has 1 amide bonds. The molecule has 0 bridgehead atoms. The summed E-state index contributed by atoms with van der Waals surface area (Å²) in [7, 11) is 0. The maximum atomic E-state index is 12.4. The van der Waals surface area contributed by atoms with E-state index in [9.17, 15) is 13.6 Å². The first kappa shape index (κ1) is 14.9. The highest BCUT2D eigenvalue weighted by Gasteiger charge is 2.12. The highest BCUT2D eigenvalue weighted by molar-refractivity contribution is 7.99. The van der Waals surface area contributed by atoms with Gasteiger partial charge in [0.2, 0.25) is 0 Å². The Morgan fingerprint density at radius 1 is 1.10 bits per heavy atom. The van der Waals surface area contributed by atoms with Crippen LogP contribution in [0.25, 0.3) is 0 Å². The van der Waals surface area contributed by atoms with Gasteiger partial charge in [-0.05, 0) is 36.4 Å². The molecule has 2 rings (SSSR count). The number of nitrogens with one attached hydrogen (secondary N) is 1. The van der Waals surface area contributed by atoms with Crippen molar-refractivity contribution in [2.45, 2.75) is 15.5 Å². The van der Waals surface area contributed by atoms with Crippen molar-refractivity contribution in [2.75, 3.05) is 5.32 Å². The lowest BCUT2D eigenvalue weighted by Gasteiger charge is -2.10. The van der Waals surface area contributed by atoms with E-state index < -0.39 is 5.76 Å². The van der Waals surface area contributed by atoms with Crippen molar-refractivity contribution in [3.8, 4) is 0 Å². The maximum Gasteiger partial charge on any atom is 0.288 e. The molecule has 104 valence electrons. The van der Waals surface area contributed by atoms with Gasteiger partial charge in [-0.1, -0.05) is 23.9 Å². The lowest BCUT2D eigenvalue weighted by Crippen LogP contribution is -2.12. The number of thiol groups is 1. The lowest BCUT2D eigenvalue weighted by atomic mass is 10.2. The summed E-state index contributed by atoms with van der Waals surface area (Å²) in [5, 5.41) is 2.63. The quantitative estimate of drug-likeness (QED) is 0.641. The van der Waals surface area contributed by atoms with E-state index >= 15 is 0 Å². The van der Waals surface area contributed by atoms with Crippen molar-refractivity contribution in [1.29, 1.82) is 0 Å². The van der Waals surface area contributed by atoms with Crippen LogP contribution < -0.4 is 5.32 Å². The van der Waals surface area contributed by atoms with Gasteiger partial charge in [0.25, 0.3) is 11.7 Å². The molecule has 6 heteroatoms. The van der Waals surface area contributed by atoms with Crippen molar-refractivity contribution in [3.05, 3.63) is 54.1 Å². The van der Waals surface area contributed by atoms with Crippen LogP contribution in [-0.4, -0.2) is 11.7 Å². The molecule has 0 unspecified atom stereocenters. The summed E-state index contributed by atoms with van der Waals surface area (Å²) in [6.45, 7) is 0. The molecular weight excluding hydrogens is 300 g/mol. The fraction of sp³-hybridized carbons (Fsp3) is 0.0714. The van der Waals surface area contributed by atoms with Gasteiger partial charge in [-0.2, -0.15) is 8.78 Å². The SMILES string of the molecule is O=C(Nc1ccccc1SC(F)F)c1ccc(S)cc1. The molecule has 1 N–H and O–H groups in total. The largest absolute Gasteiger partial charge is 0.321 e. The predicted molar refractivity (Wildman–Crippen MR) is 80.0 cm³/mol. The van der Waals surface area contributed by atoms with Gasteiger partial charge in [0.05, 0.1) is 5.69 Å². The van der Waals surface area contributed by atoms with Crippen LogP contribution >= 0.6 is 24.4 Å². The van der Waals surface area contributed by atoms with Crippen molar-refractivity contribution in [1.82, 2.24) is 0 Å². The number of rotatable bonds is 4. The van der Waals surface area contributed by atoms with E-state index in [4.69, 9.17) is 0 Å². The van der Waals surface area contributed by atoms with Crippen molar-refractivity contribution < 1.29 is 13.6 Å². The minimum atomic E-state index is -2.53. The van der Waals surface area contributed by atoms with Crippen LogP contribution in [-0.2, 0) is 0 Å². The Hall–Kier alpha value is -1.53. The number of carbonyl (C=O) groups excluding carboxylic acids is 1. The van der Waals surface area contributed by atoms with Crippen LogP contribution in [0.3, 0.4) is 0 Å². The van der Waals surface area contributed by atoms with Crippen LogP contribution in [0, 0.1) is 0 Å². The number of para-hydroxylation sites is 1. The van der Waals surface area contributed by atoms with Crippen LogP contribution in [0.2, 0.25) is 0 Å². The van der Waals surface area contributed by atoms with Crippen LogP contribution in [0.5, 0.6) is 0 Å². The number of hydrogen-bond acceptors (Lipinski definition) is 3. The summed E-state index contributed by atoms with van der Waals surface area (Å²) in [5.74, 6) is -2.88. The van der Waals surface area contributed by atoms with Crippen LogP contribution in [0.1, 0.15) is 10.4 Å². The Morgan fingerprint density at radius 2 is 1.75 bits per heavy atom. The summed E-state index contributed by atoms with van der Waals surface area (Å²) in [4.78, 5) is 13.1. The Bertz CT molecular complexity index is 602. The Kier molecular flexibility index (Phi) is 5.03. The highest BCUT2D eigenvalue weighted by atomic mass is 32.2. The molecule has 0 saturated carbocycles. The van der Waals surface area contributed by atoms with Crippen molar-refractivity contribution in [3.63, 3.8) is 0 Å². The van der Waals surface area contributed by atoms with Gasteiger partial charge >= 0.3 is 0 Å². The molecule has 0 heterocycles. The second kappa shape index (κ2) is 6.76. The molecule has 0 fully saturated rings. The van der Waals surface area contributed by atoms with E-state index in [1.807, 2.05) is 0 Å². The molecule has 20 heavy (non-hydrogen) atoms. The van der Waals surface area contributed by atoms with E-state index in [2.05, 4.69) is 17.9 Å². The number of carbonyl (C=O) groups is 1. The molecule has 0 spiro atoms. The van der Waals surface area contributed by atoms with Gasteiger partial charge in [0, 0.05) is 15.4 Å². The van der Waals surface area contributed by atoms with Crippen molar-refractivity contribution >= 4 is 36.0 Å². The first-order valence-electron chi connectivity index (χ1n) is 5.70. The first-order chi connectivity index (χ1) is 9.56. The van der Waals surface area contributed by atoms with Gasteiger partial charge in [-0.25, -0.2) is 0 Å². The van der Waals surface area contributed by atoms with E-state index in [-0.39, 0.29) is 5.91 Å². The highest BCUT2D eigenvalue weighted by Crippen LogP contribution is 2.31. The minimum absolute atomic E-state index is 0.335. The summed E-state index contributed by atoms with van der Waals surface area (Å²) < 4.78 is 24.9. The molecule has 2 aromatic carbocycles. The normalized spacial score (nSPS) is 10.6. The average molecular weight is 311 g/mol. The third kappa shape index (κ3) is 3.98. The molecule has 0 saturated heterocycles. The monoisotopic (exact) mass is 311 g/mol. The van der Waals surface area contributed by atoms with Gasteiger partial charge in [-0.15, -0.1) is 12.6 Å². The second-order valence-corrected chi connectivity index (χ2v) is 5.42. The zero-order valence-electron chi connectivity index (χ0n) is 10.2. The summed E-state index contributed by atoms with van der Waals surface area (Å²) in [5.41, 5.74) is 0.817. The third-order valence-electron chi connectivity index (χ3n) is 2.48. The zero-order chi connectivity index (χ0) is 14.5. The van der Waals surface area contributed by atoms with E-state index in [1.165, 1.54) is 0 Å². The van der Waals surface area contributed by atoms with Gasteiger partial charge in [-0.3, -0.25) is 4.79 Å². The minimum Gasteiger partial charge on any atom is -0.321 e. The van der Waals surface area contributed by atoms with E-state index in [0.717, 1.165) is 4.90 Å². The topological polar surface area (TPSA) is 29.1 Å². The Labute approximate surface area is 125 Å². The van der Waals surface area contributed by atoms with Gasteiger partial charge in [0.15, 0.2) is 0 Å². The van der Waals surface area contributed by atoms with E-state index in [0.29, 0.717) is 27.9 Å². The maximum absolute atomic E-state index is 12.4.